The van der Waals surface area contributed by atoms with Crippen LogP contribution in [-0.4, -0.2) is 64.7 Å². The van der Waals surface area contributed by atoms with Crippen molar-refractivity contribution in [2.24, 2.45) is 0 Å². The van der Waals surface area contributed by atoms with E-state index in [0.29, 0.717) is 28.8 Å². The third kappa shape index (κ3) is 5.67. The van der Waals surface area contributed by atoms with E-state index in [1.54, 1.807) is 48.7 Å². The Hall–Kier alpha value is -4.13. The lowest BCUT2D eigenvalue weighted by Gasteiger charge is -2.20. The molecule has 3 aromatic heterocycles. The zero-order chi connectivity index (χ0) is 28.3. The van der Waals surface area contributed by atoms with Crippen LogP contribution in [0.3, 0.4) is 0 Å². The van der Waals surface area contributed by atoms with Crippen molar-refractivity contribution in [3.05, 3.63) is 65.8 Å². The topological polar surface area (TPSA) is 131 Å². The zero-order valence-corrected chi connectivity index (χ0v) is 23.2. The van der Waals surface area contributed by atoms with Gasteiger partial charge in [0.25, 0.3) is 0 Å². The van der Waals surface area contributed by atoms with Gasteiger partial charge in [-0.05, 0) is 37.6 Å². The minimum Gasteiger partial charge on any atom is -0.494 e. The molecule has 11 nitrogen and oxygen atoms in total. The average molecular weight is 557 g/mol. The summed E-state index contributed by atoms with van der Waals surface area (Å²) in [5.41, 5.74) is 1.68. The average Bonchev–Trinajstić information content (AvgIpc) is 3.33. The van der Waals surface area contributed by atoms with Gasteiger partial charge in [-0.2, -0.15) is 0 Å². The monoisotopic (exact) mass is 556 g/mol. The molecule has 0 radical (unpaired) electrons. The van der Waals surface area contributed by atoms with E-state index in [1.165, 1.54) is 21.3 Å². The van der Waals surface area contributed by atoms with Gasteiger partial charge in [-0.15, -0.1) is 10.2 Å². The van der Waals surface area contributed by atoms with Crippen LogP contribution in [0.25, 0.3) is 17.2 Å². The van der Waals surface area contributed by atoms with Gasteiger partial charge in [0.15, 0.2) is 27.3 Å². The van der Waals surface area contributed by atoms with Gasteiger partial charge in [-0.3, -0.25) is 4.57 Å². The van der Waals surface area contributed by atoms with E-state index >= 15 is 0 Å². The van der Waals surface area contributed by atoms with Crippen LogP contribution in [0.1, 0.15) is 37.0 Å². The van der Waals surface area contributed by atoms with Crippen LogP contribution in [-0.2, 0) is 15.6 Å². The van der Waals surface area contributed by atoms with Crippen molar-refractivity contribution in [3.8, 4) is 34.6 Å². The summed E-state index contributed by atoms with van der Waals surface area (Å²) in [6.07, 6.45) is 2.02. The molecule has 0 aliphatic rings. The lowest BCUT2D eigenvalue weighted by atomic mass is 10.1. The second-order valence-electron chi connectivity index (χ2n) is 8.92. The number of hydrogen-bond donors (Lipinski definition) is 0. The van der Waals surface area contributed by atoms with Gasteiger partial charge in [0.2, 0.25) is 5.88 Å². The van der Waals surface area contributed by atoms with E-state index in [4.69, 9.17) is 14.2 Å². The number of ether oxygens (including phenoxy) is 3. The summed E-state index contributed by atoms with van der Waals surface area (Å²) < 4.78 is 58.8. The van der Waals surface area contributed by atoms with Crippen molar-refractivity contribution >= 4 is 9.84 Å². The van der Waals surface area contributed by atoms with Gasteiger partial charge in [0.05, 0.1) is 39.0 Å². The Morgan fingerprint density at radius 2 is 1.62 bits per heavy atom. The number of para-hydroxylation sites is 1. The van der Waals surface area contributed by atoms with Crippen LogP contribution >= 0.6 is 0 Å². The third-order valence-electron chi connectivity index (χ3n) is 6.39. The van der Waals surface area contributed by atoms with Gasteiger partial charge in [0, 0.05) is 12.0 Å². The van der Waals surface area contributed by atoms with Crippen LogP contribution in [0.4, 0.5) is 4.39 Å². The van der Waals surface area contributed by atoms with Crippen molar-refractivity contribution in [2.45, 2.75) is 37.7 Å². The highest BCUT2D eigenvalue weighted by molar-refractivity contribution is 7.91. The summed E-state index contributed by atoms with van der Waals surface area (Å²) in [7, 11) is 0.649. The predicted octanol–water partition coefficient (Wildman–Crippen LogP) is 3.70. The Morgan fingerprint density at radius 1 is 0.974 bits per heavy atom. The molecule has 13 heteroatoms. The molecule has 1 aromatic carbocycles. The number of rotatable bonds is 10. The molecule has 0 N–H and O–H groups in total. The van der Waals surface area contributed by atoms with Gasteiger partial charge >= 0.3 is 0 Å². The molecule has 0 unspecified atom stereocenters. The summed E-state index contributed by atoms with van der Waals surface area (Å²) in [6, 6.07) is 8.75. The molecule has 39 heavy (non-hydrogen) atoms. The first-order valence-corrected chi connectivity index (χ1v) is 13.7. The van der Waals surface area contributed by atoms with Crippen LogP contribution in [0.15, 0.2) is 42.7 Å². The first kappa shape index (κ1) is 27.9. The van der Waals surface area contributed by atoms with E-state index in [9.17, 15) is 12.8 Å². The number of aryl methyl sites for hydroxylation is 1. The molecule has 4 aromatic rings. The highest BCUT2D eigenvalue weighted by atomic mass is 32.2. The summed E-state index contributed by atoms with van der Waals surface area (Å²) in [6.45, 7) is 5.12. The first-order chi connectivity index (χ1) is 18.6. The molecular formula is C26H29FN6O5S. The highest BCUT2D eigenvalue weighted by Crippen LogP contribution is 2.37. The molecule has 0 aliphatic heterocycles. The van der Waals surface area contributed by atoms with Crippen molar-refractivity contribution in [1.82, 2.24) is 29.7 Å². The largest absolute Gasteiger partial charge is 0.494 e. The molecule has 3 heterocycles. The standard InChI is InChI=1S/C26H29FN6O5S/c1-15-10-19(30-23(11-15)38-6)26-32-31-22(33(26)24-20(36-4)8-7-9-21(24)37-5)14-39(34,35)17(3)16(2)25-28-12-18(27)13-29-25/h7-13,16-17H,14H2,1-6H3/t16-,17-/m0/s1. The fourth-order valence-electron chi connectivity index (χ4n) is 4.11. The fraction of sp³-hybridized carbons (Fsp3) is 0.346. The smallest absolute Gasteiger partial charge is 0.213 e. The minimum absolute atomic E-state index is 0.120. The summed E-state index contributed by atoms with van der Waals surface area (Å²) in [5, 5.41) is 7.69. The lowest BCUT2D eigenvalue weighted by Crippen LogP contribution is -2.27. The second-order valence-corrected chi connectivity index (χ2v) is 11.3. The van der Waals surface area contributed by atoms with Crippen molar-refractivity contribution in [3.63, 3.8) is 0 Å². The van der Waals surface area contributed by atoms with Crippen molar-refractivity contribution in [1.29, 1.82) is 0 Å². The van der Waals surface area contributed by atoms with Crippen LogP contribution in [0.2, 0.25) is 0 Å². The molecular weight excluding hydrogens is 527 g/mol. The Balaban J connectivity index is 1.86. The molecule has 206 valence electrons. The molecule has 0 fully saturated rings. The molecule has 0 saturated carbocycles. The number of benzene rings is 1. The number of nitrogens with zero attached hydrogens (tertiary/aromatic N) is 6. The minimum atomic E-state index is -3.85. The highest BCUT2D eigenvalue weighted by Gasteiger charge is 2.33. The van der Waals surface area contributed by atoms with Gasteiger partial charge < -0.3 is 14.2 Å². The summed E-state index contributed by atoms with van der Waals surface area (Å²) >= 11 is 0. The number of hydrogen-bond acceptors (Lipinski definition) is 10. The van der Waals surface area contributed by atoms with E-state index in [2.05, 4.69) is 25.1 Å². The van der Waals surface area contributed by atoms with Crippen LogP contribution in [0, 0.1) is 12.7 Å². The summed E-state index contributed by atoms with van der Waals surface area (Å²) in [5.74, 6) is 0.103. The number of aromatic nitrogens is 6. The summed E-state index contributed by atoms with van der Waals surface area (Å²) in [4.78, 5) is 12.4. The normalized spacial score (nSPS) is 13.1. The Morgan fingerprint density at radius 3 is 2.21 bits per heavy atom. The van der Waals surface area contributed by atoms with Gasteiger partial charge in [0.1, 0.15) is 34.5 Å². The Labute approximate surface area is 226 Å². The molecule has 0 amide bonds. The number of sulfone groups is 1. The molecule has 2 atom stereocenters. The van der Waals surface area contributed by atoms with E-state index < -0.39 is 32.6 Å². The quantitative estimate of drug-likeness (QED) is 0.285. The molecule has 0 bridgehead atoms. The van der Waals surface area contributed by atoms with Gasteiger partial charge in [-0.25, -0.2) is 27.8 Å². The van der Waals surface area contributed by atoms with E-state index in [0.717, 1.165) is 18.0 Å². The third-order valence-corrected chi connectivity index (χ3v) is 8.59. The Bertz CT molecular complexity index is 1550. The van der Waals surface area contributed by atoms with Crippen LogP contribution < -0.4 is 14.2 Å². The zero-order valence-electron chi connectivity index (χ0n) is 22.4. The Kier molecular flexibility index (Phi) is 8.09. The molecule has 0 spiro atoms. The van der Waals surface area contributed by atoms with Crippen molar-refractivity contribution in [2.75, 3.05) is 21.3 Å². The predicted molar refractivity (Wildman–Crippen MR) is 141 cm³/mol. The van der Waals surface area contributed by atoms with Crippen molar-refractivity contribution < 1.29 is 27.0 Å². The number of methoxy groups -OCH3 is 3. The lowest BCUT2D eigenvalue weighted by molar-refractivity contribution is 0.390. The fourth-order valence-corrected chi connectivity index (χ4v) is 5.66. The van der Waals surface area contributed by atoms with Gasteiger partial charge in [-0.1, -0.05) is 13.0 Å². The molecule has 0 saturated heterocycles. The van der Waals surface area contributed by atoms with E-state index in [-0.39, 0.29) is 17.5 Å². The number of pyridine rings is 1. The maximum absolute atomic E-state index is 13.7. The van der Waals surface area contributed by atoms with E-state index in [1.807, 2.05) is 6.92 Å². The SMILES string of the molecule is COc1cc(C)cc(-c2nnc(CS(=O)(=O)[C@@H](C)[C@H](C)c3ncc(F)cn3)n2-c2c(OC)cccc2OC)n1. The molecule has 0 aliphatic carbocycles. The maximum Gasteiger partial charge on any atom is 0.213 e. The number of halogens is 1. The second kappa shape index (κ2) is 11.3. The first-order valence-electron chi connectivity index (χ1n) is 12.0. The van der Waals surface area contributed by atoms with Crippen LogP contribution in [0.5, 0.6) is 17.4 Å². The molecule has 4 rings (SSSR count). The maximum atomic E-state index is 13.7.